The molecule has 1 heterocycles. The van der Waals surface area contributed by atoms with Gasteiger partial charge < -0.3 is 15.0 Å². The second-order valence-electron chi connectivity index (χ2n) is 5.58. The summed E-state index contributed by atoms with van der Waals surface area (Å²) in [5, 5.41) is 10.2. The molecule has 0 saturated heterocycles. The molecule has 0 radical (unpaired) electrons. The number of carbonyl (C=O) groups excluding carboxylic acids is 2. The third-order valence-electron chi connectivity index (χ3n) is 3.53. The van der Waals surface area contributed by atoms with Crippen molar-refractivity contribution in [3.63, 3.8) is 0 Å². The summed E-state index contributed by atoms with van der Waals surface area (Å²) in [6.07, 6.45) is 0.862. The molecule has 0 aliphatic heterocycles. The van der Waals surface area contributed by atoms with E-state index in [0.717, 1.165) is 17.7 Å². The van der Waals surface area contributed by atoms with Crippen LogP contribution < -0.4 is 10.1 Å². The third kappa shape index (κ3) is 5.76. The Hall–Kier alpha value is -2.55. The minimum absolute atomic E-state index is 0.0461. The number of methoxy groups -OCH3 is 1. The molecule has 2 aromatic rings. The number of thioether (sulfide) groups is 1. The predicted molar refractivity (Wildman–Crippen MR) is 100 cm³/mol. The summed E-state index contributed by atoms with van der Waals surface area (Å²) >= 11 is 1.22. The van der Waals surface area contributed by atoms with Crippen molar-refractivity contribution in [1.29, 1.82) is 0 Å². The van der Waals surface area contributed by atoms with Crippen molar-refractivity contribution in [1.82, 2.24) is 25.4 Å². The standard InChI is InChI=1S/C17H23N5O3S/c1-4-9-18-14(23)10-22(2)15(24)11-26-17-19-16(20-21-17)12-5-7-13(25-3)8-6-12/h5-8H,4,9-11H2,1-3H3,(H,18,23)(H,19,20,21). The fourth-order valence-corrected chi connectivity index (χ4v) is 2.79. The predicted octanol–water partition coefficient (Wildman–Crippen LogP) is 1.56. The number of aromatic nitrogens is 3. The molecule has 2 rings (SSSR count). The van der Waals surface area contributed by atoms with E-state index in [1.807, 2.05) is 31.2 Å². The van der Waals surface area contributed by atoms with Crippen LogP contribution in [0.15, 0.2) is 29.4 Å². The van der Waals surface area contributed by atoms with Gasteiger partial charge in [0.05, 0.1) is 19.4 Å². The molecule has 2 N–H and O–H groups in total. The molecule has 1 aromatic carbocycles. The van der Waals surface area contributed by atoms with Gasteiger partial charge in [-0.1, -0.05) is 18.7 Å². The van der Waals surface area contributed by atoms with Crippen molar-refractivity contribution in [2.24, 2.45) is 0 Å². The van der Waals surface area contributed by atoms with Gasteiger partial charge in [0, 0.05) is 19.2 Å². The topological polar surface area (TPSA) is 100 Å². The second kappa shape index (κ2) is 9.81. The average Bonchev–Trinajstić information content (AvgIpc) is 3.13. The Bertz CT molecular complexity index is 732. The average molecular weight is 377 g/mol. The number of amides is 2. The first-order chi connectivity index (χ1) is 12.5. The Balaban J connectivity index is 1.84. The lowest BCUT2D eigenvalue weighted by molar-refractivity contribution is -0.132. The number of nitrogens with zero attached hydrogens (tertiary/aromatic N) is 3. The van der Waals surface area contributed by atoms with Gasteiger partial charge in [-0.2, -0.15) is 0 Å². The van der Waals surface area contributed by atoms with Gasteiger partial charge in [-0.25, -0.2) is 4.98 Å². The van der Waals surface area contributed by atoms with E-state index in [-0.39, 0.29) is 24.1 Å². The molecule has 1 aromatic heterocycles. The SMILES string of the molecule is CCCNC(=O)CN(C)C(=O)CSc1n[nH]c(-c2ccc(OC)cc2)n1. The number of nitrogens with one attached hydrogen (secondary N) is 2. The lowest BCUT2D eigenvalue weighted by Crippen LogP contribution is -2.39. The molecular weight excluding hydrogens is 354 g/mol. The molecule has 2 amide bonds. The molecule has 0 aliphatic carbocycles. The van der Waals surface area contributed by atoms with Crippen molar-refractivity contribution in [2.75, 3.05) is 33.0 Å². The summed E-state index contributed by atoms with van der Waals surface area (Å²) in [5.74, 6) is 1.23. The molecule has 26 heavy (non-hydrogen) atoms. The smallest absolute Gasteiger partial charge is 0.239 e. The lowest BCUT2D eigenvalue weighted by atomic mass is 10.2. The minimum atomic E-state index is -0.160. The van der Waals surface area contributed by atoms with E-state index in [0.29, 0.717) is 17.5 Å². The number of H-pyrrole nitrogens is 1. The van der Waals surface area contributed by atoms with Crippen LogP contribution in [0.5, 0.6) is 5.75 Å². The van der Waals surface area contributed by atoms with Crippen LogP contribution in [0.3, 0.4) is 0 Å². The van der Waals surface area contributed by atoms with E-state index in [4.69, 9.17) is 4.74 Å². The van der Waals surface area contributed by atoms with E-state index >= 15 is 0 Å². The van der Waals surface area contributed by atoms with Crippen molar-refractivity contribution < 1.29 is 14.3 Å². The zero-order valence-corrected chi connectivity index (χ0v) is 15.9. The first-order valence-corrected chi connectivity index (χ1v) is 9.22. The summed E-state index contributed by atoms with van der Waals surface area (Å²) in [4.78, 5) is 29.5. The normalized spacial score (nSPS) is 10.4. The zero-order chi connectivity index (χ0) is 18.9. The van der Waals surface area contributed by atoms with Crippen LogP contribution in [0.4, 0.5) is 0 Å². The Kier molecular flexibility index (Phi) is 7.46. The molecule has 0 aliphatic rings. The number of carbonyl (C=O) groups is 2. The van der Waals surface area contributed by atoms with Crippen LogP contribution in [0, 0.1) is 0 Å². The number of rotatable bonds is 9. The Morgan fingerprint density at radius 2 is 2.04 bits per heavy atom. The summed E-state index contributed by atoms with van der Waals surface area (Å²) in [5.41, 5.74) is 0.876. The van der Waals surface area contributed by atoms with Crippen LogP contribution in [0.2, 0.25) is 0 Å². The quantitative estimate of drug-likeness (QED) is 0.643. The largest absolute Gasteiger partial charge is 0.497 e. The maximum absolute atomic E-state index is 12.1. The van der Waals surface area contributed by atoms with Crippen LogP contribution in [-0.4, -0.2) is 64.9 Å². The van der Waals surface area contributed by atoms with E-state index in [9.17, 15) is 9.59 Å². The van der Waals surface area contributed by atoms with Crippen LogP contribution in [0.1, 0.15) is 13.3 Å². The highest BCUT2D eigenvalue weighted by Crippen LogP contribution is 2.21. The lowest BCUT2D eigenvalue weighted by Gasteiger charge is -2.15. The van der Waals surface area contributed by atoms with Crippen LogP contribution in [0.25, 0.3) is 11.4 Å². The molecule has 0 atom stereocenters. The van der Waals surface area contributed by atoms with Gasteiger partial charge in [0.25, 0.3) is 0 Å². The molecule has 0 saturated carbocycles. The summed E-state index contributed by atoms with van der Waals surface area (Å²) < 4.78 is 5.13. The zero-order valence-electron chi connectivity index (χ0n) is 15.1. The molecule has 0 fully saturated rings. The molecular formula is C17H23N5O3S. The van der Waals surface area contributed by atoms with E-state index in [2.05, 4.69) is 20.5 Å². The highest BCUT2D eigenvalue weighted by atomic mass is 32.2. The number of aromatic amines is 1. The maximum atomic E-state index is 12.1. The second-order valence-corrected chi connectivity index (χ2v) is 6.53. The number of benzene rings is 1. The fraction of sp³-hybridized carbons (Fsp3) is 0.412. The molecule has 8 nitrogen and oxygen atoms in total. The monoisotopic (exact) mass is 377 g/mol. The third-order valence-corrected chi connectivity index (χ3v) is 4.36. The summed E-state index contributed by atoms with van der Waals surface area (Å²) in [7, 11) is 3.22. The van der Waals surface area contributed by atoms with Gasteiger partial charge in [0.2, 0.25) is 17.0 Å². The Labute approximate surface area is 156 Å². The van der Waals surface area contributed by atoms with Crippen molar-refractivity contribution in [3.8, 4) is 17.1 Å². The summed E-state index contributed by atoms with van der Waals surface area (Å²) in [6.45, 7) is 2.63. The number of likely N-dealkylation sites (N-methyl/N-ethyl adjacent to an activating group) is 1. The van der Waals surface area contributed by atoms with Gasteiger partial charge in [-0.15, -0.1) is 5.10 Å². The Morgan fingerprint density at radius 1 is 1.31 bits per heavy atom. The highest BCUT2D eigenvalue weighted by molar-refractivity contribution is 7.99. The van der Waals surface area contributed by atoms with E-state index in [1.165, 1.54) is 16.7 Å². The number of hydrogen-bond donors (Lipinski definition) is 2. The van der Waals surface area contributed by atoms with Gasteiger partial charge >= 0.3 is 0 Å². The van der Waals surface area contributed by atoms with E-state index < -0.39 is 0 Å². The highest BCUT2D eigenvalue weighted by Gasteiger charge is 2.14. The first-order valence-electron chi connectivity index (χ1n) is 8.23. The van der Waals surface area contributed by atoms with Gasteiger partial charge in [0.15, 0.2) is 5.82 Å². The van der Waals surface area contributed by atoms with Crippen molar-refractivity contribution >= 4 is 23.6 Å². The number of hydrogen-bond acceptors (Lipinski definition) is 6. The summed E-state index contributed by atoms with van der Waals surface area (Å²) in [6, 6.07) is 7.43. The number of ether oxygens (including phenoxy) is 1. The molecule has 0 unspecified atom stereocenters. The first kappa shape index (κ1) is 19.8. The Morgan fingerprint density at radius 3 is 2.69 bits per heavy atom. The molecule has 0 bridgehead atoms. The van der Waals surface area contributed by atoms with Gasteiger partial charge in [-0.05, 0) is 30.7 Å². The molecule has 0 spiro atoms. The van der Waals surface area contributed by atoms with Gasteiger partial charge in [0.1, 0.15) is 5.75 Å². The maximum Gasteiger partial charge on any atom is 0.239 e. The minimum Gasteiger partial charge on any atom is -0.497 e. The van der Waals surface area contributed by atoms with Gasteiger partial charge in [-0.3, -0.25) is 14.7 Å². The van der Waals surface area contributed by atoms with Crippen LogP contribution >= 0.6 is 11.8 Å². The van der Waals surface area contributed by atoms with Crippen LogP contribution in [-0.2, 0) is 9.59 Å². The van der Waals surface area contributed by atoms with Crippen molar-refractivity contribution in [3.05, 3.63) is 24.3 Å². The molecule has 140 valence electrons. The fourth-order valence-electron chi connectivity index (χ4n) is 2.05. The molecule has 9 heteroatoms. The van der Waals surface area contributed by atoms with E-state index in [1.54, 1.807) is 14.2 Å². The van der Waals surface area contributed by atoms with Crippen molar-refractivity contribution in [2.45, 2.75) is 18.5 Å².